The Morgan fingerprint density at radius 3 is 2.58 bits per heavy atom. The maximum atomic E-state index is 12.3. The smallest absolute Gasteiger partial charge is 0.233 e. The number of carbonyl (C=O) groups excluding carboxylic acids is 1. The molecule has 2 aromatic carbocycles. The number of aryl methyl sites for hydroxylation is 1. The molecule has 0 saturated heterocycles. The lowest BCUT2D eigenvalue weighted by atomic mass is 10.2. The third-order valence-corrected chi connectivity index (χ3v) is 5.59. The highest BCUT2D eigenvalue weighted by molar-refractivity contribution is 7.92. The largest absolute Gasteiger partial charge is 0.497 e. The molecule has 2 rings (SSSR count). The quantitative estimate of drug-likeness (QED) is 0.747. The Bertz CT molecular complexity index is 900. The van der Waals surface area contributed by atoms with E-state index in [1.54, 1.807) is 49.4 Å². The van der Waals surface area contributed by atoms with Crippen molar-refractivity contribution in [3.05, 3.63) is 53.1 Å². The van der Waals surface area contributed by atoms with Crippen molar-refractivity contribution in [3.8, 4) is 5.75 Å². The number of hydrogen-bond acceptors (Lipinski definition) is 4. The molecule has 0 aromatic heterocycles. The molecule has 0 aliphatic rings. The first-order chi connectivity index (χ1) is 12.2. The maximum Gasteiger partial charge on any atom is 0.233 e. The Morgan fingerprint density at radius 2 is 1.92 bits per heavy atom. The lowest BCUT2D eigenvalue weighted by molar-refractivity contribution is -0.118. The van der Waals surface area contributed by atoms with E-state index in [2.05, 4.69) is 10.0 Å². The highest BCUT2D eigenvalue weighted by atomic mass is 35.5. The molecule has 2 aromatic rings. The van der Waals surface area contributed by atoms with E-state index in [0.29, 0.717) is 22.1 Å². The van der Waals surface area contributed by atoms with Gasteiger partial charge < -0.3 is 10.1 Å². The number of sulfonamides is 1. The number of amides is 1. The molecule has 1 amide bonds. The molecule has 0 fully saturated rings. The molecule has 6 nitrogen and oxygen atoms in total. The standard InChI is InChI=1S/C18H21ClN2O4S/c1-12-7-8-14(10-17(12)19)20-18(22)13(2)11-26(23,24)21-15-5-4-6-16(9-15)25-3/h4-10,13,21H,11H2,1-3H3,(H,20,22). The average Bonchev–Trinajstić information content (AvgIpc) is 2.57. The van der Waals surface area contributed by atoms with Gasteiger partial charge in [-0.1, -0.05) is 30.7 Å². The van der Waals surface area contributed by atoms with Gasteiger partial charge in [-0.3, -0.25) is 9.52 Å². The number of nitrogens with one attached hydrogen (secondary N) is 2. The lowest BCUT2D eigenvalue weighted by Gasteiger charge is -2.14. The summed E-state index contributed by atoms with van der Waals surface area (Å²) in [6.45, 7) is 3.41. The van der Waals surface area contributed by atoms with Gasteiger partial charge in [0.1, 0.15) is 5.75 Å². The molecule has 1 unspecified atom stereocenters. The van der Waals surface area contributed by atoms with E-state index in [-0.39, 0.29) is 5.75 Å². The predicted molar refractivity (Wildman–Crippen MR) is 104 cm³/mol. The lowest BCUT2D eigenvalue weighted by Crippen LogP contribution is -2.29. The molecule has 26 heavy (non-hydrogen) atoms. The van der Waals surface area contributed by atoms with E-state index in [1.165, 1.54) is 7.11 Å². The second kappa shape index (κ2) is 8.42. The molecule has 1 atom stereocenters. The first-order valence-corrected chi connectivity index (χ1v) is 9.95. The van der Waals surface area contributed by atoms with Crippen LogP contribution in [0.3, 0.4) is 0 Å². The summed E-state index contributed by atoms with van der Waals surface area (Å²) in [7, 11) is -2.21. The van der Waals surface area contributed by atoms with Crippen molar-refractivity contribution >= 4 is 38.9 Å². The fraction of sp³-hybridized carbons (Fsp3) is 0.278. The number of hydrogen-bond donors (Lipinski definition) is 2. The fourth-order valence-electron chi connectivity index (χ4n) is 2.25. The molecular weight excluding hydrogens is 376 g/mol. The molecule has 2 N–H and O–H groups in total. The average molecular weight is 397 g/mol. The molecule has 0 saturated carbocycles. The van der Waals surface area contributed by atoms with Crippen molar-refractivity contribution in [1.82, 2.24) is 0 Å². The van der Waals surface area contributed by atoms with E-state index < -0.39 is 21.8 Å². The third kappa shape index (κ3) is 5.64. The number of methoxy groups -OCH3 is 1. The Balaban J connectivity index is 2.00. The minimum atomic E-state index is -3.70. The van der Waals surface area contributed by atoms with Crippen molar-refractivity contribution in [3.63, 3.8) is 0 Å². The van der Waals surface area contributed by atoms with E-state index in [9.17, 15) is 13.2 Å². The van der Waals surface area contributed by atoms with E-state index in [0.717, 1.165) is 5.56 Å². The maximum absolute atomic E-state index is 12.3. The number of ether oxygens (including phenoxy) is 1. The molecule has 0 bridgehead atoms. The summed E-state index contributed by atoms with van der Waals surface area (Å²) in [5.74, 6) is -0.971. The number of carbonyl (C=O) groups is 1. The summed E-state index contributed by atoms with van der Waals surface area (Å²) in [6, 6.07) is 11.7. The minimum absolute atomic E-state index is 0.352. The van der Waals surface area contributed by atoms with Crippen LogP contribution in [0.4, 0.5) is 11.4 Å². The van der Waals surface area contributed by atoms with Crippen LogP contribution in [0, 0.1) is 12.8 Å². The van der Waals surface area contributed by atoms with Crippen LogP contribution >= 0.6 is 11.6 Å². The Labute approximate surface area is 158 Å². The number of anilines is 2. The Hall–Kier alpha value is -2.25. The van der Waals surface area contributed by atoms with Gasteiger partial charge >= 0.3 is 0 Å². The van der Waals surface area contributed by atoms with Crippen LogP contribution in [-0.4, -0.2) is 27.2 Å². The highest BCUT2D eigenvalue weighted by Crippen LogP contribution is 2.21. The van der Waals surface area contributed by atoms with Crippen LogP contribution in [0.5, 0.6) is 5.75 Å². The molecule has 0 radical (unpaired) electrons. The van der Waals surface area contributed by atoms with Crippen molar-refractivity contribution in [2.24, 2.45) is 5.92 Å². The topological polar surface area (TPSA) is 84.5 Å². The molecule has 140 valence electrons. The van der Waals surface area contributed by atoms with Gasteiger partial charge in [-0.15, -0.1) is 0 Å². The zero-order valence-corrected chi connectivity index (χ0v) is 16.3. The van der Waals surface area contributed by atoms with E-state index in [4.69, 9.17) is 16.3 Å². The normalized spacial score (nSPS) is 12.3. The number of rotatable bonds is 7. The van der Waals surface area contributed by atoms with Gasteiger partial charge in [0.2, 0.25) is 15.9 Å². The van der Waals surface area contributed by atoms with Crippen LogP contribution in [-0.2, 0) is 14.8 Å². The van der Waals surface area contributed by atoms with E-state index >= 15 is 0 Å². The zero-order chi connectivity index (χ0) is 19.3. The van der Waals surface area contributed by atoms with Crippen LogP contribution < -0.4 is 14.8 Å². The summed E-state index contributed by atoms with van der Waals surface area (Å²) >= 11 is 6.03. The Morgan fingerprint density at radius 1 is 1.19 bits per heavy atom. The summed E-state index contributed by atoms with van der Waals surface area (Å²) < 4.78 is 32.1. The monoisotopic (exact) mass is 396 g/mol. The summed E-state index contributed by atoms with van der Waals surface area (Å²) in [5, 5.41) is 3.21. The highest BCUT2D eigenvalue weighted by Gasteiger charge is 2.22. The second-order valence-electron chi connectivity index (χ2n) is 5.97. The van der Waals surface area contributed by atoms with Gasteiger partial charge in [0, 0.05) is 16.8 Å². The molecule has 0 heterocycles. The van der Waals surface area contributed by atoms with Gasteiger partial charge in [0.15, 0.2) is 0 Å². The van der Waals surface area contributed by atoms with Crippen molar-refractivity contribution in [2.75, 3.05) is 22.9 Å². The summed E-state index contributed by atoms with van der Waals surface area (Å²) in [5.41, 5.74) is 1.79. The molecule has 0 aliphatic carbocycles. The number of benzene rings is 2. The predicted octanol–water partition coefficient (Wildman–Crippen LogP) is 3.67. The molecule has 8 heteroatoms. The first kappa shape index (κ1) is 20.1. The fourth-order valence-corrected chi connectivity index (χ4v) is 3.81. The van der Waals surface area contributed by atoms with Gasteiger partial charge in [0.25, 0.3) is 0 Å². The van der Waals surface area contributed by atoms with Crippen LogP contribution in [0.2, 0.25) is 5.02 Å². The minimum Gasteiger partial charge on any atom is -0.497 e. The van der Waals surface area contributed by atoms with Crippen LogP contribution in [0.1, 0.15) is 12.5 Å². The van der Waals surface area contributed by atoms with Crippen LogP contribution in [0.25, 0.3) is 0 Å². The third-order valence-electron chi connectivity index (χ3n) is 3.70. The zero-order valence-electron chi connectivity index (χ0n) is 14.7. The van der Waals surface area contributed by atoms with Gasteiger partial charge in [-0.2, -0.15) is 0 Å². The molecule has 0 spiro atoms. The van der Waals surface area contributed by atoms with Crippen molar-refractivity contribution < 1.29 is 17.9 Å². The van der Waals surface area contributed by atoms with Crippen LogP contribution in [0.15, 0.2) is 42.5 Å². The van der Waals surface area contributed by atoms with Gasteiger partial charge in [0.05, 0.1) is 24.5 Å². The molecule has 0 aliphatic heterocycles. The van der Waals surface area contributed by atoms with E-state index in [1.807, 2.05) is 6.92 Å². The van der Waals surface area contributed by atoms with Gasteiger partial charge in [-0.25, -0.2) is 8.42 Å². The Kier molecular flexibility index (Phi) is 6.50. The molecular formula is C18H21ClN2O4S. The number of halogens is 1. The van der Waals surface area contributed by atoms with Crippen molar-refractivity contribution in [1.29, 1.82) is 0 Å². The first-order valence-electron chi connectivity index (χ1n) is 7.92. The summed E-state index contributed by atoms with van der Waals surface area (Å²) in [6.07, 6.45) is 0. The van der Waals surface area contributed by atoms with Crippen molar-refractivity contribution in [2.45, 2.75) is 13.8 Å². The van der Waals surface area contributed by atoms with Gasteiger partial charge in [-0.05, 0) is 36.8 Å². The second-order valence-corrected chi connectivity index (χ2v) is 8.14. The summed E-state index contributed by atoms with van der Waals surface area (Å²) in [4.78, 5) is 12.3. The SMILES string of the molecule is COc1cccc(NS(=O)(=O)CC(C)C(=O)Nc2ccc(C)c(Cl)c2)c1.